The number of aromatic nitrogens is 2. The molecule has 0 spiro atoms. The number of hydrogen-bond acceptors (Lipinski definition) is 5. The molecule has 0 atom stereocenters. The number of benzene rings is 2. The van der Waals surface area contributed by atoms with Gasteiger partial charge in [0, 0.05) is 28.6 Å². The van der Waals surface area contributed by atoms with Crippen LogP contribution in [0.25, 0.3) is 10.8 Å². The normalized spacial score (nSPS) is 10.6. The molecular weight excluding hydrogens is 252 g/mol. The number of hydrogen-bond donors (Lipinski definition) is 3. The Kier molecular flexibility index (Phi) is 3.09. The standard InChI is InChI=1S/C15H14N4O/c16-12-5-6-14(20)11(7-12)8-17-15-13-4-2-1-3-10(13)9-18-19-15/h1-7,9,20H,8,16H2,(H,17,19). The van der Waals surface area contributed by atoms with Crippen LogP contribution in [0, 0.1) is 0 Å². The third-order valence-electron chi connectivity index (χ3n) is 3.12. The van der Waals surface area contributed by atoms with Crippen LogP contribution in [0.4, 0.5) is 11.5 Å². The van der Waals surface area contributed by atoms with Crippen molar-refractivity contribution < 1.29 is 5.11 Å². The smallest absolute Gasteiger partial charge is 0.156 e. The van der Waals surface area contributed by atoms with Crippen LogP contribution in [0.5, 0.6) is 5.75 Å². The van der Waals surface area contributed by atoms with Gasteiger partial charge in [0.15, 0.2) is 5.82 Å². The summed E-state index contributed by atoms with van der Waals surface area (Å²) in [7, 11) is 0. The van der Waals surface area contributed by atoms with Crippen LogP contribution in [-0.2, 0) is 6.54 Å². The number of phenols is 1. The summed E-state index contributed by atoms with van der Waals surface area (Å²) in [5.74, 6) is 0.893. The minimum atomic E-state index is 0.208. The van der Waals surface area contributed by atoms with E-state index in [-0.39, 0.29) is 5.75 Å². The molecule has 1 heterocycles. The van der Waals surface area contributed by atoms with E-state index >= 15 is 0 Å². The third-order valence-corrected chi connectivity index (χ3v) is 3.12. The Morgan fingerprint density at radius 2 is 2.00 bits per heavy atom. The second-order valence-electron chi connectivity index (χ2n) is 4.52. The third kappa shape index (κ3) is 2.33. The molecule has 3 rings (SSSR count). The fourth-order valence-corrected chi connectivity index (χ4v) is 2.08. The van der Waals surface area contributed by atoms with Gasteiger partial charge in [0.2, 0.25) is 0 Å². The molecule has 0 amide bonds. The number of nitrogen functional groups attached to an aromatic ring is 1. The summed E-state index contributed by atoms with van der Waals surface area (Å²) in [4.78, 5) is 0. The minimum Gasteiger partial charge on any atom is -0.508 e. The molecule has 2 aromatic carbocycles. The van der Waals surface area contributed by atoms with Gasteiger partial charge >= 0.3 is 0 Å². The fraction of sp³-hybridized carbons (Fsp3) is 0.0667. The van der Waals surface area contributed by atoms with Gasteiger partial charge in [-0.25, -0.2) is 0 Å². The number of anilines is 2. The maximum Gasteiger partial charge on any atom is 0.156 e. The molecule has 0 aliphatic heterocycles. The number of fused-ring (bicyclic) bond motifs is 1. The predicted molar refractivity (Wildman–Crippen MR) is 79.4 cm³/mol. The molecular formula is C15H14N4O. The fourth-order valence-electron chi connectivity index (χ4n) is 2.08. The number of nitrogens with two attached hydrogens (primary N) is 1. The number of phenolic OH excluding ortho intramolecular Hbond substituents is 1. The van der Waals surface area contributed by atoms with Gasteiger partial charge in [-0.3, -0.25) is 0 Å². The van der Waals surface area contributed by atoms with E-state index in [1.54, 1.807) is 24.4 Å². The molecule has 3 aromatic rings. The van der Waals surface area contributed by atoms with Gasteiger partial charge in [0.25, 0.3) is 0 Å². The monoisotopic (exact) mass is 266 g/mol. The Morgan fingerprint density at radius 3 is 2.90 bits per heavy atom. The zero-order chi connectivity index (χ0) is 13.9. The molecule has 0 radical (unpaired) electrons. The van der Waals surface area contributed by atoms with Crippen LogP contribution in [0.15, 0.2) is 48.7 Å². The van der Waals surface area contributed by atoms with E-state index in [9.17, 15) is 5.11 Å². The van der Waals surface area contributed by atoms with Crippen molar-refractivity contribution in [2.75, 3.05) is 11.1 Å². The molecule has 0 fully saturated rings. The lowest BCUT2D eigenvalue weighted by Gasteiger charge is -2.09. The highest BCUT2D eigenvalue weighted by molar-refractivity contribution is 5.90. The highest BCUT2D eigenvalue weighted by atomic mass is 16.3. The first kappa shape index (κ1) is 12.2. The summed E-state index contributed by atoms with van der Waals surface area (Å²) in [6, 6.07) is 12.8. The van der Waals surface area contributed by atoms with E-state index in [4.69, 9.17) is 5.73 Å². The van der Waals surface area contributed by atoms with E-state index < -0.39 is 0 Å². The van der Waals surface area contributed by atoms with Crippen molar-refractivity contribution in [1.82, 2.24) is 10.2 Å². The van der Waals surface area contributed by atoms with Crippen LogP contribution in [0.3, 0.4) is 0 Å². The van der Waals surface area contributed by atoms with E-state index in [0.29, 0.717) is 18.1 Å². The quantitative estimate of drug-likeness (QED) is 0.501. The van der Waals surface area contributed by atoms with E-state index in [1.807, 2.05) is 24.3 Å². The molecule has 0 aliphatic carbocycles. The summed E-state index contributed by atoms with van der Waals surface area (Å²) in [6.45, 7) is 0.430. The van der Waals surface area contributed by atoms with Crippen LogP contribution in [0.2, 0.25) is 0 Å². The maximum absolute atomic E-state index is 9.79. The average Bonchev–Trinajstić information content (AvgIpc) is 2.48. The van der Waals surface area contributed by atoms with Gasteiger partial charge in [-0.15, -0.1) is 5.10 Å². The van der Waals surface area contributed by atoms with Crippen molar-refractivity contribution in [2.24, 2.45) is 0 Å². The first-order valence-corrected chi connectivity index (χ1v) is 6.26. The average molecular weight is 266 g/mol. The first-order valence-electron chi connectivity index (χ1n) is 6.26. The molecule has 0 unspecified atom stereocenters. The Morgan fingerprint density at radius 1 is 1.15 bits per heavy atom. The molecule has 0 saturated heterocycles. The lowest BCUT2D eigenvalue weighted by Crippen LogP contribution is -2.03. The SMILES string of the molecule is Nc1ccc(O)c(CNc2nncc3ccccc23)c1. The predicted octanol–water partition coefficient (Wildman–Crippen LogP) is 2.53. The van der Waals surface area contributed by atoms with Crippen molar-refractivity contribution >= 4 is 22.3 Å². The molecule has 100 valence electrons. The van der Waals surface area contributed by atoms with Crippen LogP contribution < -0.4 is 11.1 Å². The van der Waals surface area contributed by atoms with E-state index in [0.717, 1.165) is 16.3 Å². The van der Waals surface area contributed by atoms with Crippen molar-refractivity contribution in [3.05, 3.63) is 54.2 Å². The summed E-state index contributed by atoms with van der Waals surface area (Å²) >= 11 is 0. The molecule has 20 heavy (non-hydrogen) atoms. The van der Waals surface area contributed by atoms with Crippen molar-refractivity contribution in [3.63, 3.8) is 0 Å². The van der Waals surface area contributed by atoms with Crippen molar-refractivity contribution in [3.8, 4) is 5.75 Å². The molecule has 0 bridgehead atoms. The van der Waals surface area contributed by atoms with Gasteiger partial charge in [0.1, 0.15) is 5.75 Å². The number of nitrogens with one attached hydrogen (secondary N) is 1. The largest absolute Gasteiger partial charge is 0.508 e. The van der Waals surface area contributed by atoms with Crippen LogP contribution >= 0.6 is 0 Å². The van der Waals surface area contributed by atoms with Gasteiger partial charge < -0.3 is 16.2 Å². The number of rotatable bonds is 3. The molecule has 5 heteroatoms. The zero-order valence-corrected chi connectivity index (χ0v) is 10.7. The second-order valence-corrected chi connectivity index (χ2v) is 4.52. The maximum atomic E-state index is 9.79. The number of aromatic hydroxyl groups is 1. The lowest BCUT2D eigenvalue weighted by atomic mass is 10.1. The second kappa shape index (κ2) is 5.05. The van der Waals surface area contributed by atoms with Crippen molar-refractivity contribution in [2.45, 2.75) is 6.54 Å². The Bertz CT molecular complexity index is 752. The summed E-state index contributed by atoms with van der Waals surface area (Å²) in [5, 5.41) is 23.1. The lowest BCUT2D eigenvalue weighted by molar-refractivity contribution is 0.469. The molecule has 0 aliphatic rings. The van der Waals surface area contributed by atoms with Crippen molar-refractivity contribution in [1.29, 1.82) is 0 Å². The number of nitrogens with zero attached hydrogens (tertiary/aromatic N) is 2. The Hall–Kier alpha value is -2.82. The Balaban J connectivity index is 1.89. The summed E-state index contributed by atoms with van der Waals surface area (Å²) in [5.41, 5.74) is 7.06. The van der Waals surface area contributed by atoms with Gasteiger partial charge in [-0.2, -0.15) is 5.10 Å². The summed E-state index contributed by atoms with van der Waals surface area (Å²) in [6.07, 6.45) is 1.72. The van der Waals surface area contributed by atoms with E-state index in [1.165, 1.54) is 0 Å². The summed E-state index contributed by atoms with van der Waals surface area (Å²) < 4.78 is 0. The van der Waals surface area contributed by atoms with Gasteiger partial charge in [-0.1, -0.05) is 24.3 Å². The topological polar surface area (TPSA) is 84.1 Å². The Labute approximate surface area is 116 Å². The molecule has 1 aromatic heterocycles. The van der Waals surface area contributed by atoms with Gasteiger partial charge in [-0.05, 0) is 18.2 Å². The van der Waals surface area contributed by atoms with Crippen LogP contribution in [0.1, 0.15) is 5.56 Å². The molecule has 4 N–H and O–H groups in total. The van der Waals surface area contributed by atoms with Gasteiger partial charge in [0.05, 0.1) is 6.20 Å². The minimum absolute atomic E-state index is 0.208. The first-order chi connectivity index (χ1) is 9.74. The zero-order valence-electron chi connectivity index (χ0n) is 10.7. The highest BCUT2D eigenvalue weighted by Gasteiger charge is 2.05. The van der Waals surface area contributed by atoms with Crippen LogP contribution in [-0.4, -0.2) is 15.3 Å². The molecule has 5 nitrogen and oxygen atoms in total. The highest BCUT2D eigenvalue weighted by Crippen LogP contribution is 2.23. The van der Waals surface area contributed by atoms with E-state index in [2.05, 4.69) is 15.5 Å². The molecule has 0 saturated carbocycles.